The normalized spacial score (nSPS) is 10.4. The van der Waals surface area contributed by atoms with E-state index >= 15 is 0 Å². The fourth-order valence-corrected chi connectivity index (χ4v) is 2.76. The fraction of sp³-hybridized carbons (Fsp3) is 0.182. The Morgan fingerprint density at radius 1 is 0.931 bits per heavy atom. The number of pyridine rings is 1. The van der Waals surface area contributed by atoms with Gasteiger partial charge >= 0.3 is 5.97 Å². The number of nitrogens with one attached hydrogen (secondary N) is 2. The number of nitrogens with zero attached hydrogens (tertiary/aromatic N) is 1. The number of carbonyl (C=O) groups excluding carboxylic acids is 3. The first kappa shape index (κ1) is 20.0. The van der Waals surface area contributed by atoms with Gasteiger partial charge in [-0.05, 0) is 30.2 Å². The fourth-order valence-electron chi connectivity index (χ4n) is 2.76. The number of aromatic nitrogens is 1. The Labute approximate surface area is 168 Å². The van der Waals surface area contributed by atoms with Gasteiger partial charge in [0.15, 0.2) is 6.61 Å². The van der Waals surface area contributed by atoms with Crippen LogP contribution in [0.1, 0.15) is 23.0 Å². The second kappa shape index (κ2) is 9.45. The second-order valence-electron chi connectivity index (χ2n) is 6.30. The summed E-state index contributed by atoms with van der Waals surface area (Å²) in [5.41, 5.74) is 2.49. The smallest absolute Gasteiger partial charge is 0.357 e. The zero-order valence-corrected chi connectivity index (χ0v) is 16.0. The molecule has 2 amide bonds. The van der Waals surface area contributed by atoms with Crippen molar-refractivity contribution in [2.24, 2.45) is 0 Å². The molecule has 2 aromatic carbocycles. The van der Waals surface area contributed by atoms with Gasteiger partial charge in [-0.2, -0.15) is 0 Å². The molecule has 0 aliphatic heterocycles. The summed E-state index contributed by atoms with van der Waals surface area (Å²) in [5.74, 6) is -1.63. The SMILES string of the molecule is CCc1ccccc1NC(=O)CNC(=O)COC(=O)c1ccc2ccccc2n1. The Hall–Kier alpha value is -3.74. The number of amides is 2. The molecular formula is C22H21N3O4. The molecule has 0 aliphatic rings. The predicted octanol–water partition coefficient (Wildman–Crippen LogP) is 2.71. The third-order valence-corrected chi connectivity index (χ3v) is 4.26. The molecule has 148 valence electrons. The Balaban J connectivity index is 1.46. The molecule has 0 aliphatic carbocycles. The van der Waals surface area contributed by atoms with Crippen LogP contribution < -0.4 is 10.6 Å². The van der Waals surface area contributed by atoms with Gasteiger partial charge in [-0.1, -0.05) is 49.4 Å². The van der Waals surface area contributed by atoms with E-state index in [0.717, 1.165) is 17.4 Å². The molecule has 0 spiro atoms. The third-order valence-electron chi connectivity index (χ3n) is 4.26. The van der Waals surface area contributed by atoms with Crippen LogP contribution in [-0.2, 0) is 20.7 Å². The van der Waals surface area contributed by atoms with E-state index in [-0.39, 0.29) is 18.1 Å². The molecule has 0 saturated carbocycles. The molecule has 3 aromatic rings. The molecule has 0 bridgehead atoms. The highest BCUT2D eigenvalue weighted by Crippen LogP contribution is 2.15. The summed E-state index contributed by atoms with van der Waals surface area (Å²) in [6.07, 6.45) is 0.779. The standard InChI is InChI=1S/C22H21N3O4/c1-2-15-7-3-5-9-17(15)25-20(26)13-23-21(27)14-29-22(28)19-12-11-16-8-4-6-10-18(16)24-19/h3-12H,2,13-14H2,1H3,(H,23,27)(H,25,26). The number of hydrogen-bond donors (Lipinski definition) is 2. The lowest BCUT2D eigenvalue weighted by Crippen LogP contribution is -2.35. The third kappa shape index (κ3) is 5.38. The van der Waals surface area contributed by atoms with Crippen LogP contribution in [0.15, 0.2) is 60.7 Å². The van der Waals surface area contributed by atoms with Gasteiger partial charge in [0, 0.05) is 11.1 Å². The molecule has 1 aromatic heterocycles. The van der Waals surface area contributed by atoms with Crippen molar-refractivity contribution in [2.75, 3.05) is 18.5 Å². The largest absolute Gasteiger partial charge is 0.451 e. The molecule has 7 heteroatoms. The number of aryl methyl sites for hydroxylation is 1. The highest BCUT2D eigenvalue weighted by Gasteiger charge is 2.13. The molecular weight excluding hydrogens is 370 g/mol. The highest BCUT2D eigenvalue weighted by atomic mass is 16.5. The highest BCUT2D eigenvalue weighted by molar-refractivity contribution is 5.96. The summed E-state index contributed by atoms with van der Waals surface area (Å²) >= 11 is 0. The topological polar surface area (TPSA) is 97.4 Å². The van der Waals surface area contributed by atoms with Gasteiger partial charge in [0.05, 0.1) is 12.1 Å². The van der Waals surface area contributed by atoms with Crippen molar-refractivity contribution in [2.45, 2.75) is 13.3 Å². The van der Waals surface area contributed by atoms with E-state index in [1.54, 1.807) is 24.3 Å². The lowest BCUT2D eigenvalue weighted by Gasteiger charge is -2.10. The van der Waals surface area contributed by atoms with E-state index in [0.29, 0.717) is 11.2 Å². The number of esters is 1. The summed E-state index contributed by atoms with van der Waals surface area (Å²) in [6.45, 7) is 1.28. The van der Waals surface area contributed by atoms with Crippen LogP contribution in [0, 0.1) is 0 Å². The number of fused-ring (bicyclic) bond motifs is 1. The summed E-state index contributed by atoms with van der Waals surface area (Å²) in [4.78, 5) is 40.2. The molecule has 29 heavy (non-hydrogen) atoms. The van der Waals surface area contributed by atoms with Gasteiger partial charge in [-0.25, -0.2) is 9.78 Å². The zero-order valence-electron chi connectivity index (χ0n) is 16.0. The first-order valence-corrected chi connectivity index (χ1v) is 9.24. The Kier molecular flexibility index (Phi) is 6.52. The van der Waals surface area contributed by atoms with Gasteiger partial charge in [0.1, 0.15) is 5.69 Å². The maximum atomic E-state index is 12.1. The Bertz CT molecular complexity index is 1050. The molecule has 0 unspecified atom stereocenters. The number of anilines is 1. The molecule has 3 rings (SSSR count). The monoisotopic (exact) mass is 391 g/mol. The van der Waals surface area contributed by atoms with Gasteiger partial charge in [-0.3, -0.25) is 9.59 Å². The van der Waals surface area contributed by atoms with E-state index in [4.69, 9.17) is 4.74 Å². The molecule has 0 fully saturated rings. The van der Waals surface area contributed by atoms with Crippen molar-refractivity contribution in [1.82, 2.24) is 10.3 Å². The van der Waals surface area contributed by atoms with Crippen molar-refractivity contribution in [3.05, 3.63) is 71.9 Å². The van der Waals surface area contributed by atoms with Crippen LogP contribution >= 0.6 is 0 Å². The second-order valence-corrected chi connectivity index (χ2v) is 6.30. The van der Waals surface area contributed by atoms with E-state index < -0.39 is 18.5 Å². The summed E-state index contributed by atoms with van der Waals surface area (Å²) in [5, 5.41) is 6.08. The molecule has 0 saturated heterocycles. The van der Waals surface area contributed by atoms with Crippen LogP contribution in [0.3, 0.4) is 0 Å². The van der Waals surface area contributed by atoms with Gasteiger partial charge in [-0.15, -0.1) is 0 Å². The van der Waals surface area contributed by atoms with E-state index in [2.05, 4.69) is 15.6 Å². The first-order valence-electron chi connectivity index (χ1n) is 9.24. The number of rotatable bonds is 7. The molecule has 0 radical (unpaired) electrons. The van der Waals surface area contributed by atoms with Crippen LogP contribution in [0.2, 0.25) is 0 Å². The average Bonchev–Trinajstić information content (AvgIpc) is 2.76. The minimum absolute atomic E-state index is 0.116. The Morgan fingerprint density at radius 3 is 2.52 bits per heavy atom. The summed E-state index contributed by atoms with van der Waals surface area (Å²) in [6, 6.07) is 18.1. The molecule has 7 nitrogen and oxygen atoms in total. The average molecular weight is 391 g/mol. The number of benzene rings is 2. The lowest BCUT2D eigenvalue weighted by molar-refractivity contribution is -0.126. The van der Waals surface area contributed by atoms with Gasteiger partial charge < -0.3 is 15.4 Å². The van der Waals surface area contributed by atoms with E-state index in [1.165, 1.54) is 0 Å². The molecule has 1 heterocycles. The van der Waals surface area contributed by atoms with E-state index in [9.17, 15) is 14.4 Å². The van der Waals surface area contributed by atoms with Gasteiger partial charge in [0.2, 0.25) is 5.91 Å². The minimum Gasteiger partial charge on any atom is -0.451 e. The van der Waals surface area contributed by atoms with Crippen molar-refractivity contribution in [3.63, 3.8) is 0 Å². The summed E-state index contributed by atoms with van der Waals surface area (Å²) < 4.78 is 4.98. The maximum Gasteiger partial charge on any atom is 0.357 e. The lowest BCUT2D eigenvalue weighted by atomic mass is 10.1. The van der Waals surface area contributed by atoms with Crippen LogP contribution in [0.25, 0.3) is 10.9 Å². The van der Waals surface area contributed by atoms with Crippen LogP contribution in [0.5, 0.6) is 0 Å². The first-order chi connectivity index (χ1) is 14.1. The van der Waals surface area contributed by atoms with Crippen LogP contribution in [-0.4, -0.2) is 35.9 Å². The Morgan fingerprint density at radius 2 is 1.69 bits per heavy atom. The molecule has 0 atom stereocenters. The van der Waals surface area contributed by atoms with E-state index in [1.807, 2.05) is 43.3 Å². The number of hydrogen-bond acceptors (Lipinski definition) is 5. The van der Waals surface area contributed by atoms with Crippen molar-refractivity contribution >= 4 is 34.4 Å². The summed E-state index contributed by atoms with van der Waals surface area (Å²) in [7, 11) is 0. The minimum atomic E-state index is -0.702. The quantitative estimate of drug-likeness (QED) is 0.604. The van der Waals surface area contributed by atoms with Crippen molar-refractivity contribution in [3.8, 4) is 0 Å². The predicted molar refractivity (Wildman–Crippen MR) is 109 cm³/mol. The zero-order chi connectivity index (χ0) is 20.6. The van der Waals surface area contributed by atoms with Crippen LogP contribution in [0.4, 0.5) is 5.69 Å². The van der Waals surface area contributed by atoms with Gasteiger partial charge in [0.25, 0.3) is 5.91 Å². The maximum absolute atomic E-state index is 12.1. The molecule has 2 N–H and O–H groups in total. The van der Waals surface area contributed by atoms with Crippen molar-refractivity contribution in [1.29, 1.82) is 0 Å². The number of carbonyl (C=O) groups is 3. The van der Waals surface area contributed by atoms with Crippen molar-refractivity contribution < 1.29 is 19.1 Å². The number of ether oxygens (including phenoxy) is 1. The number of para-hydroxylation sites is 2.